The van der Waals surface area contributed by atoms with Crippen LogP contribution in [0.3, 0.4) is 0 Å². The molecule has 0 saturated carbocycles. The average molecular weight is 1210 g/mol. The first-order valence-corrected chi connectivity index (χ1v) is 40.2. The third kappa shape index (κ3) is 16.9. The molecule has 5 heterocycles. The molecule has 8 aromatic rings. The third-order valence-electron chi connectivity index (χ3n) is 14.6. The van der Waals surface area contributed by atoms with Crippen molar-refractivity contribution >= 4 is 52.1 Å². The summed E-state index contributed by atoms with van der Waals surface area (Å²) in [5.74, 6) is 0.0741. The van der Waals surface area contributed by atoms with E-state index >= 15 is 4.39 Å². The van der Waals surface area contributed by atoms with Gasteiger partial charge in [-0.05, 0) is 113 Å². The molecule has 1 aliphatic heterocycles. The van der Waals surface area contributed by atoms with Gasteiger partial charge in [0, 0.05) is 80.6 Å². The van der Waals surface area contributed by atoms with Crippen molar-refractivity contribution in [1.82, 2.24) is 49.7 Å². The summed E-state index contributed by atoms with van der Waals surface area (Å²) in [5, 5.41) is 26.9. The molecule has 4 aromatic carbocycles. The molecule has 1 fully saturated rings. The number of halogens is 2. The van der Waals surface area contributed by atoms with E-state index in [4.69, 9.17) is 39.5 Å². The second-order valence-corrected chi connectivity index (χ2v) is 41.8. The number of amides is 2. The van der Waals surface area contributed by atoms with Gasteiger partial charge in [0.15, 0.2) is 41.6 Å². The molecule has 2 amide bonds. The van der Waals surface area contributed by atoms with E-state index in [2.05, 4.69) is 97.4 Å². The quantitative estimate of drug-likeness (QED) is 0.0205. The SMILES string of the molecule is CCc1cc(O)c(F)cc1-c1ccc2c(-c3ncc(CNC(=O)N4CCOCC4)[nH]3)n[nH]c2c1.CCc1cc(OCOCC[Si](C)(C)C)c(F)cc1-c1ccc2c(-c3nc(CN)cn3COCC[Si](C)(C)C)nn(COCC[Si](C)(C)C)c2c1. The van der Waals surface area contributed by atoms with Crippen LogP contribution in [0, 0.1) is 11.6 Å². The zero-order valence-corrected chi connectivity index (χ0v) is 53.8. The van der Waals surface area contributed by atoms with E-state index in [0.29, 0.717) is 103 Å². The van der Waals surface area contributed by atoms with Crippen molar-refractivity contribution < 1.29 is 42.4 Å². The summed E-state index contributed by atoms with van der Waals surface area (Å²) in [6, 6.07) is 21.1. The number of fused-ring (bicyclic) bond motifs is 2. The first-order chi connectivity index (χ1) is 40.0. The molecule has 9 rings (SSSR count). The largest absolute Gasteiger partial charge is 0.505 e. The lowest BCUT2D eigenvalue weighted by atomic mass is 9.96. The summed E-state index contributed by atoms with van der Waals surface area (Å²) < 4.78 is 62.4. The fourth-order valence-electron chi connectivity index (χ4n) is 9.49. The fraction of sp³-hybridized carbons (Fsp3) is 0.459. The highest BCUT2D eigenvalue weighted by Crippen LogP contribution is 2.37. The molecule has 0 bridgehead atoms. The normalized spacial score (nSPS) is 13.2. The second-order valence-electron chi connectivity index (χ2n) is 24.9. The molecule has 0 unspecified atom stereocenters. The summed E-state index contributed by atoms with van der Waals surface area (Å²) in [7, 11) is -3.72. The molecule has 1 saturated heterocycles. The van der Waals surface area contributed by atoms with Crippen molar-refractivity contribution in [3.05, 3.63) is 107 Å². The Labute approximate surface area is 494 Å². The molecule has 18 nitrogen and oxygen atoms in total. The highest BCUT2D eigenvalue weighted by atomic mass is 28.3. The van der Waals surface area contributed by atoms with Crippen LogP contribution in [-0.2, 0) is 58.3 Å². The molecule has 6 N–H and O–H groups in total. The van der Waals surface area contributed by atoms with Gasteiger partial charge >= 0.3 is 6.03 Å². The predicted octanol–water partition coefficient (Wildman–Crippen LogP) is 12.6. The van der Waals surface area contributed by atoms with Crippen LogP contribution in [0.5, 0.6) is 11.5 Å². The van der Waals surface area contributed by atoms with E-state index in [9.17, 15) is 14.3 Å². The molecular weight excluding hydrogens is 1120 g/mol. The first kappa shape index (κ1) is 63.4. The van der Waals surface area contributed by atoms with E-state index in [0.717, 1.165) is 90.4 Å². The van der Waals surface area contributed by atoms with E-state index in [1.807, 2.05) is 52.7 Å². The van der Waals surface area contributed by atoms with Gasteiger partial charge in [-0.3, -0.25) is 5.10 Å². The van der Waals surface area contributed by atoms with E-state index in [1.54, 1.807) is 23.2 Å². The Bertz CT molecular complexity index is 3500. The number of carbonyl (C=O) groups excluding carboxylic acids is 1. The van der Waals surface area contributed by atoms with Crippen molar-refractivity contribution in [3.8, 4) is 56.8 Å². The van der Waals surface area contributed by atoms with Gasteiger partial charge in [-0.2, -0.15) is 10.2 Å². The van der Waals surface area contributed by atoms with Gasteiger partial charge in [0.1, 0.15) is 24.8 Å². The van der Waals surface area contributed by atoms with Crippen LogP contribution in [-0.4, -0.2) is 133 Å². The molecule has 1 aliphatic rings. The van der Waals surface area contributed by atoms with Gasteiger partial charge in [-0.1, -0.05) is 84.9 Å². The average Bonchev–Trinajstić information content (AvgIpc) is 2.28. The fourth-order valence-corrected chi connectivity index (χ4v) is 11.8. The van der Waals surface area contributed by atoms with Gasteiger partial charge in [-0.25, -0.2) is 28.2 Å². The van der Waals surface area contributed by atoms with Crippen LogP contribution >= 0.6 is 0 Å². The van der Waals surface area contributed by atoms with Crippen molar-refractivity contribution in [1.29, 1.82) is 0 Å². The molecule has 0 atom stereocenters. The standard InChI is InChI=1S/C37H60FN5O4Si3.C24H25FN6O3/c1-11-28-21-35(47-27-46-16-19-50(8,9)10)33(38)22-32(28)29-12-13-31-34(20-29)43(26-45-15-18-49(5,6)7)41-36(31)37-40-30(23-39)24-42(37)25-44-14-17-48(2,3)4;1-2-14-10-21(32)19(25)11-18(14)15-3-4-17-20(9-15)29-30-22(17)23-26-12-16(28-23)13-27-24(33)31-5-7-34-8-6-31/h12-13,20-22,24H,11,14-19,23,25-27,39H2,1-10H3;3-4,9-12,32H,2,5-8,13H2,1H3,(H,26,28)(H,27,33)(H,29,30). The maximum Gasteiger partial charge on any atom is 0.317 e. The molecule has 84 heavy (non-hydrogen) atoms. The Morgan fingerprint density at radius 2 is 1.39 bits per heavy atom. The third-order valence-corrected chi connectivity index (χ3v) is 19.7. The number of hydrogen-bond donors (Lipinski definition) is 5. The lowest BCUT2D eigenvalue weighted by molar-refractivity contribution is 0.0197. The van der Waals surface area contributed by atoms with Crippen molar-refractivity contribution in [2.45, 2.75) is 130 Å². The lowest BCUT2D eigenvalue weighted by Gasteiger charge is -2.26. The second kappa shape index (κ2) is 28.1. The lowest BCUT2D eigenvalue weighted by Crippen LogP contribution is -2.45. The smallest absolute Gasteiger partial charge is 0.317 e. The van der Waals surface area contributed by atoms with Gasteiger partial charge in [0.2, 0.25) is 0 Å². The van der Waals surface area contributed by atoms with Crippen molar-refractivity contribution in [2.24, 2.45) is 5.73 Å². The first-order valence-electron chi connectivity index (χ1n) is 29.1. The Morgan fingerprint density at radius 1 is 0.774 bits per heavy atom. The monoisotopic (exact) mass is 1210 g/mol. The number of benzene rings is 4. The van der Waals surface area contributed by atoms with Crippen LogP contribution in [0.4, 0.5) is 13.6 Å². The highest BCUT2D eigenvalue weighted by molar-refractivity contribution is 6.76. The summed E-state index contributed by atoms with van der Waals surface area (Å²) >= 11 is 0. The minimum absolute atomic E-state index is 0.0283. The number of nitrogens with two attached hydrogens (primary N) is 1. The number of morpholine rings is 1. The van der Waals surface area contributed by atoms with Crippen LogP contribution < -0.4 is 15.8 Å². The van der Waals surface area contributed by atoms with E-state index in [1.165, 1.54) is 12.1 Å². The number of hydrogen-bond acceptors (Lipinski definition) is 12. The van der Waals surface area contributed by atoms with E-state index < -0.39 is 35.9 Å². The number of H-pyrrole nitrogens is 2. The van der Waals surface area contributed by atoms with E-state index in [-0.39, 0.29) is 24.3 Å². The Hall–Kier alpha value is -6.58. The highest BCUT2D eigenvalue weighted by Gasteiger charge is 2.24. The Balaban J connectivity index is 0.000000234. The number of aryl methyl sites for hydroxylation is 2. The number of carbonyl (C=O) groups is 1. The zero-order chi connectivity index (χ0) is 60.3. The number of aromatic hydroxyl groups is 1. The number of nitrogens with zero attached hydrogens (tertiary/aromatic N) is 7. The summed E-state index contributed by atoms with van der Waals surface area (Å²) in [5.41, 5.74) is 15.7. The number of phenols is 1. The molecule has 0 aliphatic carbocycles. The van der Waals surface area contributed by atoms with Crippen molar-refractivity contribution in [2.75, 3.05) is 52.9 Å². The number of aromatic amines is 2. The molecule has 452 valence electrons. The van der Waals surface area contributed by atoms with Crippen LogP contribution in [0.15, 0.2) is 73.1 Å². The zero-order valence-electron chi connectivity index (χ0n) is 50.8. The molecular formula is C61H85F2N11O7Si3. The van der Waals surface area contributed by atoms with Gasteiger partial charge in [-0.15, -0.1) is 0 Å². The summed E-state index contributed by atoms with van der Waals surface area (Å²) in [6.45, 7) is 30.5. The number of phenolic OH excluding ortho intramolecular Hbond substituents is 1. The number of nitrogens with one attached hydrogen (secondary N) is 3. The number of imidazole rings is 2. The van der Waals surface area contributed by atoms with Crippen LogP contribution in [0.2, 0.25) is 77.1 Å². The van der Waals surface area contributed by atoms with Gasteiger partial charge in [0.25, 0.3) is 0 Å². The number of ether oxygens (including phenoxy) is 5. The molecule has 23 heteroatoms. The molecule has 4 aromatic heterocycles. The topological polar surface area (TPSA) is 218 Å². The summed E-state index contributed by atoms with van der Waals surface area (Å²) in [6.07, 6.45) is 5.00. The predicted molar refractivity (Wildman–Crippen MR) is 336 cm³/mol. The number of rotatable bonds is 25. The summed E-state index contributed by atoms with van der Waals surface area (Å²) in [4.78, 5) is 26.5. The Morgan fingerprint density at radius 3 is 2.05 bits per heavy atom. The molecule has 0 spiro atoms. The van der Waals surface area contributed by atoms with Crippen molar-refractivity contribution in [3.63, 3.8) is 0 Å². The maximum atomic E-state index is 15.5. The molecule has 0 radical (unpaired) electrons. The minimum atomic E-state index is -1.27. The van der Waals surface area contributed by atoms with Gasteiger partial charge < -0.3 is 54.3 Å². The number of aromatic nitrogens is 8. The maximum absolute atomic E-state index is 15.5. The Kier molecular flexibility index (Phi) is 21.2. The van der Waals surface area contributed by atoms with Crippen LogP contribution in [0.1, 0.15) is 36.4 Å². The minimum Gasteiger partial charge on any atom is -0.505 e. The number of urea groups is 1. The van der Waals surface area contributed by atoms with Crippen LogP contribution in [0.25, 0.3) is 67.1 Å². The van der Waals surface area contributed by atoms with Gasteiger partial charge in [0.05, 0.1) is 48.4 Å².